The number of carbonyl (C=O) groups is 1. The van der Waals surface area contributed by atoms with Crippen molar-refractivity contribution in [1.29, 1.82) is 0 Å². The summed E-state index contributed by atoms with van der Waals surface area (Å²) in [6.45, 7) is 3.87. The van der Waals surface area contributed by atoms with Crippen molar-refractivity contribution >= 4 is 5.91 Å². The van der Waals surface area contributed by atoms with Crippen LogP contribution in [0.5, 0.6) is 0 Å². The van der Waals surface area contributed by atoms with E-state index in [9.17, 15) is 4.79 Å². The summed E-state index contributed by atoms with van der Waals surface area (Å²) in [4.78, 5) is 13.4. The van der Waals surface area contributed by atoms with E-state index < -0.39 is 0 Å². The van der Waals surface area contributed by atoms with Gasteiger partial charge in [0, 0.05) is 11.0 Å². The molecule has 0 saturated carbocycles. The third-order valence-corrected chi connectivity index (χ3v) is 1.41. The van der Waals surface area contributed by atoms with Crippen molar-refractivity contribution < 1.29 is 4.79 Å². The van der Waals surface area contributed by atoms with E-state index in [-0.39, 0.29) is 18.5 Å². The van der Waals surface area contributed by atoms with Crippen LogP contribution in [0.2, 0.25) is 0 Å². The highest BCUT2D eigenvalue weighted by molar-refractivity contribution is 5.78. The molecule has 5 heteroatoms. The number of hydrogen-bond acceptors (Lipinski definition) is 2. The molecule has 1 amide bonds. The van der Waals surface area contributed by atoms with E-state index in [2.05, 4.69) is 22.3 Å². The minimum absolute atomic E-state index is 0.107. The van der Waals surface area contributed by atoms with Crippen LogP contribution < -0.4 is 5.32 Å². The molecule has 0 fully saturated rings. The third-order valence-electron chi connectivity index (χ3n) is 1.41. The first-order valence-electron chi connectivity index (χ1n) is 4.01. The minimum atomic E-state index is -0.214. The van der Waals surface area contributed by atoms with Gasteiger partial charge in [-0.1, -0.05) is 18.5 Å². The first-order chi connectivity index (χ1) is 5.70. The van der Waals surface area contributed by atoms with E-state index >= 15 is 0 Å². The van der Waals surface area contributed by atoms with E-state index in [0.29, 0.717) is 0 Å². The summed E-state index contributed by atoms with van der Waals surface area (Å²) in [6.07, 6.45) is 1.98. The molecule has 0 bridgehead atoms. The van der Waals surface area contributed by atoms with Gasteiger partial charge in [-0.15, -0.1) is 0 Å². The standard InChI is InChI=1S/C7H14N4O/c1-3-4-6(2)10-7(12)5-9-11-8/h6H,3-5H2,1-2H3,(H,10,12). The van der Waals surface area contributed by atoms with Gasteiger partial charge in [-0.2, -0.15) is 0 Å². The van der Waals surface area contributed by atoms with Crippen LogP contribution in [0.1, 0.15) is 26.7 Å². The molecule has 1 atom stereocenters. The van der Waals surface area contributed by atoms with Gasteiger partial charge in [0.1, 0.15) is 6.54 Å². The van der Waals surface area contributed by atoms with Crippen LogP contribution >= 0.6 is 0 Å². The average Bonchev–Trinajstić information content (AvgIpc) is 2.01. The predicted molar refractivity (Wildman–Crippen MR) is 46.5 cm³/mol. The normalized spacial score (nSPS) is 11.5. The van der Waals surface area contributed by atoms with Crippen LogP contribution in [0.4, 0.5) is 0 Å². The Labute approximate surface area is 71.8 Å². The summed E-state index contributed by atoms with van der Waals surface area (Å²) in [5.74, 6) is -0.214. The molecular formula is C7H14N4O. The minimum Gasteiger partial charge on any atom is -0.354 e. The first-order valence-corrected chi connectivity index (χ1v) is 4.01. The molecule has 0 radical (unpaired) electrons. The van der Waals surface area contributed by atoms with Crippen molar-refractivity contribution in [1.82, 2.24) is 5.32 Å². The number of azide groups is 1. The van der Waals surface area contributed by atoms with Crippen molar-refractivity contribution in [2.75, 3.05) is 6.54 Å². The molecule has 0 heterocycles. The molecule has 0 aliphatic rings. The Balaban J connectivity index is 3.60. The average molecular weight is 170 g/mol. The zero-order valence-corrected chi connectivity index (χ0v) is 7.45. The van der Waals surface area contributed by atoms with E-state index in [0.717, 1.165) is 12.8 Å². The summed E-state index contributed by atoms with van der Waals surface area (Å²) in [5, 5.41) is 5.87. The van der Waals surface area contributed by atoms with Crippen LogP contribution in [0, 0.1) is 0 Å². The van der Waals surface area contributed by atoms with Gasteiger partial charge in [0.2, 0.25) is 5.91 Å². The number of nitrogens with one attached hydrogen (secondary N) is 1. The highest BCUT2D eigenvalue weighted by atomic mass is 16.1. The maximum Gasteiger partial charge on any atom is 0.226 e. The number of hydrogen-bond donors (Lipinski definition) is 1. The lowest BCUT2D eigenvalue weighted by atomic mass is 10.2. The predicted octanol–water partition coefficient (Wildman–Crippen LogP) is 1.60. The number of carbonyl (C=O) groups excluding carboxylic acids is 1. The molecule has 0 spiro atoms. The zero-order chi connectivity index (χ0) is 9.40. The van der Waals surface area contributed by atoms with E-state index in [1.807, 2.05) is 6.92 Å². The molecule has 0 aliphatic heterocycles. The molecular weight excluding hydrogens is 156 g/mol. The lowest BCUT2D eigenvalue weighted by molar-refractivity contribution is -0.120. The lowest BCUT2D eigenvalue weighted by Gasteiger charge is -2.10. The number of amides is 1. The highest BCUT2D eigenvalue weighted by Gasteiger charge is 2.03. The molecule has 0 saturated heterocycles. The van der Waals surface area contributed by atoms with Gasteiger partial charge in [-0.25, -0.2) is 0 Å². The Morgan fingerprint density at radius 1 is 1.75 bits per heavy atom. The lowest BCUT2D eigenvalue weighted by Crippen LogP contribution is -2.33. The smallest absolute Gasteiger partial charge is 0.226 e. The summed E-state index contributed by atoms with van der Waals surface area (Å²) >= 11 is 0. The molecule has 0 aromatic heterocycles. The summed E-state index contributed by atoms with van der Waals surface area (Å²) in [5.41, 5.74) is 7.93. The Morgan fingerprint density at radius 3 is 2.92 bits per heavy atom. The molecule has 0 aromatic carbocycles. The van der Waals surface area contributed by atoms with Crippen LogP contribution in [-0.4, -0.2) is 18.5 Å². The quantitative estimate of drug-likeness (QED) is 0.379. The Morgan fingerprint density at radius 2 is 2.42 bits per heavy atom. The fourth-order valence-corrected chi connectivity index (χ4v) is 0.921. The van der Waals surface area contributed by atoms with Crippen molar-refractivity contribution in [3.05, 3.63) is 10.4 Å². The second-order valence-electron chi connectivity index (χ2n) is 2.65. The zero-order valence-electron chi connectivity index (χ0n) is 7.45. The maximum atomic E-state index is 10.9. The molecule has 5 nitrogen and oxygen atoms in total. The molecule has 0 rings (SSSR count). The van der Waals surface area contributed by atoms with Gasteiger partial charge >= 0.3 is 0 Å². The highest BCUT2D eigenvalue weighted by Crippen LogP contribution is 1.93. The van der Waals surface area contributed by atoms with Gasteiger partial charge in [0.15, 0.2) is 0 Å². The van der Waals surface area contributed by atoms with Crippen molar-refractivity contribution in [3.8, 4) is 0 Å². The summed E-state index contributed by atoms with van der Waals surface area (Å²) in [6, 6.07) is 0.163. The van der Waals surface area contributed by atoms with Gasteiger partial charge < -0.3 is 5.32 Å². The molecule has 0 aromatic rings. The molecule has 1 unspecified atom stereocenters. The monoisotopic (exact) mass is 170 g/mol. The van der Waals surface area contributed by atoms with Crippen molar-refractivity contribution in [3.63, 3.8) is 0 Å². The molecule has 68 valence electrons. The van der Waals surface area contributed by atoms with E-state index in [4.69, 9.17) is 5.53 Å². The molecule has 12 heavy (non-hydrogen) atoms. The van der Waals surface area contributed by atoms with Crippen LogP contribution in [0.15, 0.2) is 5.11 Å². The maximum absolute atomic E-state index is 10.9. The van der Waals surface area contributed by atoms with E-state index in [1.165, 1.54) is 0 Å². The largest absolute Gasteiger partial charge is 0.354 e. The second kappa shape index (κ2) is 6.49. The fraction of sp³-hybridized carbons (Fsp3) is 0.857. The van der Waals surface area contributed by atoms with Crippen LogP contribution in [0.3, 0.4) is 0 Å². The fourth-order valence-electron chi connectivity index (χ4n) is 0.921. The second-order valence-corrected chi connectivity index (χ2v) is 2.65. The topological polar surface area (TPSA) is 77.9 Å². The first kappa shape index (κ1) is 10.8. The van der Waals surface area contributed by atoms with Gasteiger partial charge in [-0.3, -0.25) is 4.79 Å². The summed E-state index contributed by atoms with van der Waals surface area (Å²) < 4.78 is 0. The van der Waals surface area contributed by atoms with E-state index in [1.54, 1.807) is 0 Å². The Hall–Kier alpha value is -1.22. The van der Waals surface area contributed by atoms with Gasteiger partial charge in [0.05, 0.1) is 0 Å². The van der Waals surface area contributed by atoms with Crippen molar-refractivity contribution in [2.45, 2.75) is 32.7 Å². The summed E-state index contributed by atoms with van der Waals surface area (Å²) in [7, 11) is 0. The van der Waals surface area contributed by atoms with Gasteiger partial charge in [0.25, 0.3) is 0 Å². The van der Waals surface area contributed by atoms with Crippen LogP contribution in [0.25, 0.3) is 10.4 Å². The molecule has 0 aliphatic carbocycles. The molecule has 1 N–H and O–H groups in total. The number of rotatable bonds is 5. The van der Waals surface area contributed by atoms with Gasteiger partial charge in [-0.05, 0) is 18.9 Å². The van der Waals surface area contributed by atoms with Crippen LogP contribution in [-0.2, 0) is 4.79 Å². The SMILES string of the molecule is CCCC(C)NC(=O)CN=[N+]=[N-]. The van der Waals surface area contributed by atoms with Crippen molar-refractivity contribution in [2.24, 2.45) is 5.11 Å². The Bertz CT molecular complexity index is 186. The number of nitrogens with zero attached hydrogens (tertiary/aromatic N) is 3. The Kier molecular flexibility index (Phi) is 5.83. The third kappa shape index (κ3) is 5.56.